The van der Waals surface area contributed by atoms with Gasteiger partial charge in [-0.05, 0) is 40.5 Å². The summed E-state index contributed by atoms with van der Waals surface area (Å²) in [6, 6.07) is 6.06. The van der Waals surface area contributed by atoms with Gasteiger partial charge in [-0.15, -0.1) is 5.10 Å². The first kappa shape index (κ1) is 13.2. The molecule has 2 aromatic rings. The van der Waals surface area contributed by atoms with E-state index in [-0.39, 0.29) is 5.82 Å². The third kappa shape index (κ3) is 2.59. The summed E-state index contributed by atoms with van der Waals surface area (Å²) < 4.78 is 14.9. The van der Waals surface area contributed by atoms with E-state index in [0.717, 1.165) is 5.56 Å². The van der Waals surface area contributed by atoms with Crippen molar-refractivity contribution in [3.63, 3.8) is 0 Å². The summed E-state index contributed by atoms with van der Waals surface area (Å²) >= 11 is 3.26. The predicted molar refractivity (Wildman–Crippen MR) is 68.4 cm³/mol. The van der Waals surface area contributed by atoms with E-state index in [2.05, 4.69) is 26.2 Å². The molecule has 96 valence electrons. The largest absolute Gasteiger partial charge is 0.383 e. The molecule has 1 aromatic carbocycles. The smallest absolute Gasteiger partial charge is 0.154 e. The highest BCUT2D eigenvalue weighted by Gasteiger charge is 2.30. The van der Waals surface area contributed by atoms with E-state index in [9.17, 15) is 9.50 Å². The molecule has 0 saturated heterocycles. The number of rotatable bonds is 3. The summed E-state index contributed by atoms with van der Waals surface area (Å²) in [5.41, 5.74) is 0.302. The molecule has 0 saturated carbocycles. The quantitative estimate of drug-likeness (QED) is 0.944. The maximum absolute atomic E-state index is 12.8. The number of aryl methyl sites for hydroxylation is 1. The maximum Gasteiger partial charge on any atom is 0.154 e. The fourth-order valence-electron chi connectivity index (χ4n) is 1.99. The third-order valence-electron chi connectivity index (χ3n) is 2.76. The molecule has 18 heavy (non-hydrogen) atoms. The van der Waals surface area contributed by atoms with Gasteiger partial charge < -0.3 is 5.11 Å². The number of hydrogen-bond donors (Lipinski definition) is 1. The molecule has 1 atom stereocenters. The van der Waals surface area contributed by atoms with Gasteiger partial charge in [-0.3, -0.25) is 0 Å². The van der Waals surface area contributed by atoms with E-state index in [1.54, 1.807) is 26.1 Å². The van der Waals surface area contributed by atoms with E-state index in [4.69, 9.17) is 0 Å². The molecule has 0 aliphatic heterocycles. The monoisotopic (exact) mass is 313 g/mol. The molecule has 4 nitrogen and oxygen atoms in total. The Balaban J connectivity index is 2.29. The van der Waals surface area contributed by atoms with Crippen LogP contribution < -0.4 is 0 Å². The minimum absolute atomic E-state index is 0.290. The standard InChI is InChI=1S/C12H13BrFN3O/c1-12(18,10-11(13)15-16-17(10)2)7-8-3-5-9(14)6-4-8/h3-6,18H,7H2,1-2H3. The van der Waals surface area contributed by atoms with Gasteiger partial charge in [0.1, 0.15) is 17.1 Å². The zero-order valence-corrected chi connectivity index (χ0v) is 11.6. The minimum atomic E-state index is -1.13. The molecule has 6 heteroatoms. The number of benzene rings is 1. The summed E-state index contributed by atoms with van der Waals surface area (Å²) in [4.78, 5) is 0. The Labute approximate surface area is 113 Å². The van der Waals surface area contributed by atoms with Crippen LogP contribution in [0, 0.1) is 5.82 Å². The predicted octanol–water partition coefficient (Wildman–Crippen LogP) is 2.17. The Hall–Kier alpha value is -1.27. The van der Waals surface area contributed by atoms with Gasteiger partial charge in [0.2, 0.25) is 0 Å². The number of halogens is 2. The normalized spacial score (nSPS) is 14.5. The van der Waals surface area contributed by atoms with Crippen LogP contribution in [-0.4, -0.2) is 20.1 Å². The fourth-order valence-corrected chi connectivity index (χ4v) is 2.74. The maximum atomic E-state index is 12.8. The van der Waals surface area contributed by atoms with Crippen molar-refractivity contribution in [2.75, 3.05) is 0 Å². The van der Waals surface area contributed by atoms with E-state index < -0.39 is 5.60 Å². The van der Waals surface area contributed by atoms with Gasteiger partial charge in [-0.1, -0.05) is 17.3 Å². The molecule has 2 rings (SSSR count). The molecule has 0 radical (unpaired) electrons. The zero-order valence-electron chi connectivity index (χ0n) is 10.1. The number of nitrogens with zero attached hydrogens (tertiary/aromatic N) is 3. The highest BCUT2D eigenvalue weighted by atomic mass is 79.9. The van der Waals surface area contributed by atoms with Crippen molar-refractivity contribution in [3.05, 3.63) is 45.9 Å². The lowest BCUT2D eigenvalue weighted by molar-refractivity contribution is 0.0482. The van der Waals surface area contributed by atoms with Crippen LogP contribution in [0.5, 0.6) is 0 Å². The molecule has 0 bridgehead atoms. The van der Waals surface area contributed by atoms with E-state index in [1.165, 1.54) is 16.8 Å². The Morgan fingerprint density at radius 1 is 1.39 bits per heavy atom. The topological polar surface area (TPSA) is 50.9 Å². The summed E-state index contributed by atoms with van der Waals surface area (Å²) in [5, 5.41) is 18.2. The first-order valence-electron chi connectivity index (χ1n) is 5.42. The van der Waals surface area contributed by atoms with Crippen LogP contribution in [0.25, 0.3) is 0 Å². The summed E-state index contributed by atoms with van der Waals surface area (Å²) in [6.45, 7) is 1.68. The first-order chi connectivity index (χ1) is 8.40. The van der Waals surface area contributed by atoms with Crippen LogP contribution in [0.3, 0.4) is 0 Å². The second kappa shape index (κ2) is 4.78. The van der Waals surface area contributed by atoms with Gasteiger partial charge in [-0.25, -0.2) is 9.07 Å². The average Bonchev–Trinajstić information content (AvgIpc) is 2.62. The van der Waals surface area contributed by atoms with Crippen molar-refractivity contribution in [1.82, 2.24) is 15.0 Å². The van der Waals surface area contributed by atoms with Gasteiger partial charge >= 0.3 is 0 Å². The van der Waals surface area contributed by atoms with Crippen molar-refractivity contribution in [2.45, 2.75) is 18.9 Å². The van der Waals surface area contributed by atoms with Gasteiger partial charge in [0, 0.05) is 13.5 Å². The lowest BCUT2D eigenvalue weighted by Gasteiger charge is -2.23. The molecule has 0 aliphatic carbocycles. The molecule has 1 heterocycles. The van der Waals surface area contributed by atoms with Crippen molar-refractivity contribution in [3.8, 4) is 0 Å². The summed E-state index contributed by atoms with van der Waals surface area (Å²) in [7, 11) is 1.71. The lowest BCUT2D eigenvalue weighted by atomic mass is 9.93. The van der Waals surface area contributed by atoms with Crippen molar-refractivity contribution < 1.29 is 9.50 Å². The highest BCUT2D eigenvalue weighted by molar-refractivity contribution is 9.10. The molecular formula is C12H13BrFN3O. The van der Waals surface area contributed by atoms with Gasteiger partial charge in [0.25, 0.3) is 0 Å². The Morgan fingerprint density at radius 3 is 2.50 bits per heavy atom. The van der Waals surface area contributed by atoms with Gasteiger partial charge in [0.15, 0.2) is 4.60 Å². The molecule has 1 N–H and O–H groups in total. The Morgan fingerprint density at radius 2 is 2.00 bits per heavy atom. The van der Waals surface area contributed by atoms with E-state index in [0.29, 0.717) is 16.7 Å². The highest BCUT2D eigenvalue weighted by Crippen LogP contribution is 2.29. The van der Waals surface area contributed by atoms with Crippen LogP contribution in [0.2, 0.25) is 0 Å². The lowest BCUT2D eigenvalue weighted by Crippen LogP contribution is -2.27. The van der Waals surface area contributed by atoms with Crippen LogP contribution >= 0.6 is 15.9 Å². The van der Waals surface area contributed by atoms with E-state index >= 15 is 0 Å². The van der Waals surface area contributed by atoms with Crippen LogP contribution in [0.15, 0.2) is 28.9 Å². The Bertz CT molecular complexity index is 531. The molecular weight excluding hydrogens is 301 g/mol. The van der Waals surface area contributed by atoms with Crippen molar-refractivity contribution in [1.29, 1.82) is 0 Å². The average molecular weight is 314 g/mol. The van der Waals surface area contributed by atoms with Crippen molar-refractivity contribution in [2.24, 2.45) is 7.05 Å². The minimum Gasteiger partial charge on any atom is -0.383 e. The van der Waals surface area contributed by atoms with Crippen LogP contribution in [0.4, 0.5) is 4.39 Å². The zero-order chi connectivity index (χ0) is 13.3. The second-order valence-electron chi connectivity index (χ2n) is 4.43. The van der Waals surface area contributed by atoms with Gasteiger partial charge in [-0.2, -0.15) is 0 Å². The number of aromatic nitrogens is 3. The van der Waals surface area contributed by atoms with Crippen LogP contribution in [-0.2, 0) is 19.1 Å². The Kier molecular flexibility index (Phi) is 3.49. The van der Waals surface area contributed by atoms with E-state index in [1.807, 2.05) is 0 Å². The molecule has 1 unspecified atom stereocenters. The third-order valence-corrected chi connectivity index (χ3v) is 3.29. The molecule has 0 aliphatic rings. The summed E-state index contributed by atoms with van der Waals surface area (Å²) in [6.07, 6.45) is 0.354. The number of aliphatic hydroxyl groups is 1. The SMILES string of the molecule is Cn1nnc(Br)c1C(C)(O)Cc1ccc(F)cc1. The molecule has 1 aromatic heterocycles. The summed E-state index contributed by atoms with van der Waals surface area (Å²) in [5.74, 6) is -0.290. The second-order valence-corrected chi connectivity index (χ2v) is 5.18. The van der Waals surface area contributed by atoms with Gasteiger partial charge in [0.05, 0.1) is 0 Å². The molecule has 0 fully saturated rings. The number of hydrogen-bond acceptors (Lipinski definition) is 3. The van der Waals surface area contributed by atoms with Crippen LogP contribution in [0.1, 0.15) is 18.2 Å². The molecule has 0 spiro atoms. The molecule has 0 amide bonds. The fraction of sp³-hybridized carbons (Fsp3) is 0.333. The first-order valence-corrected chi connectivity index (χ1v) is 6.22. The van der Waals surface area contributed by atoms with Crippen molar-refractivity contribution >= 4 is 15.9 Å².